The average molecular weight is 335 g/mol. The van der Waals surface area contributed by atoms with Crippen molar-refractivity contribution in [2.75, 3.05) is 4.72 Å². The Kier molecular flexibility index (Phi) is 4.24. The van der Waals surface area contributed by atoms with Crippen LogP contribution in [0.3, 0.4) is 0 Å². The number of nitrogens with one attached hydrogen (secondary N) is 2. The number of hydrogen-bond donors (Lipinski definition) is 3. The van der Waals surface area contributed by atoms with Crippen LogP contribution in [-0.2, 0) is 16.6 Å². The number of anilines is 1. The Labute approximate surface area is 126 Å². The first-order valence-corrected chi connectivity index (χ1v) is 7.80. The first-order chi connectivity index (χ1) is 9.33. The molecule has 4 N–H and O–H groups in total. The van der Waals surface area contributed by atoms with Gasteiger partial charge in [-0.25, -0.2) is 0 Å². The zero-order chi connectivity index (χ0) is 14.9. The Hall–Kier alpha value is -1.28. The molecule has 0 aliphatic rings. The Morgan fingerprint density at radius 1 is 1.30 bits per heavy atom. The maximum absolute atomic E-state index is 12.3. The predicted molar refractivity (Wildman–Crippen MR) is 78.5 cm³/mol. The summed E-state index contributed by atoms with van der Waals surface area (Å²) in [6.45, 7) is 1.76. The van der Waals surface area contributed by atoms with Crippen LogP contribution in [0.4, 0.5) is 5.69 Å². The van der Waals surface area contributed by atoms with E-state index in [9.17, 15) is 8.42 Å². The van der Waals surface area contributed by atoms with Gasteiger partial charge in [-0.15, -0.1) is 0 Å². The molecule has 0 atom stereocenters. The Morgan fingerprint density at radius 2 is 1.90 bits per heavy atom. The van der Waals surface area contributed by atoms with Gasteiger partial charge in [-0.2, -0.15) is 13.5 Å². The molecule has 0 spiro atoms. The minimum Gasteiger partial charge on any atom is -0.326 e. The molecule has 1 aromatic heterocycles. The van der Waals surface area contributed by atoms with Crippen molar-refractivity contribution in [1.29, 1.82) is 0 Å². The van der Waals surface area contributed by atoms with Crippen LogP contribution in [0.15, 0.2) is 23.2 Å². The molecule has 9 heteroatoms. The Balaban J connectivity index is 2.40. The molecule has 0 amide bonds. The molecule has 0 aliphatic heterocycles. The van der Waals surface area contributed by atoms with Gasteiger partial charge in [-0.05, 0) is 25.1 Å². The van der Waals surface area contributed by atoms with Crippen molar-refractivity contribution in [1.82, 2.24) is 10.2 Å². The van der Waals surface area contributed by atoms with Gasteiger partial charge in [0.1, 0.15) is 0 Å². The molecule has 1 heterocycles. The summed E-state index contributed by atoms with van der Waals surface area (Å²) in [5.74, 6) is 0. The van der Waals surface area contributed by atoms with Crippen LogP contribution < -0.4 is 10.5 Å². The molecular formula is C11H12Cl2N4O2S. The van der Waals surface area contributed by atoms with Crippen LogP contribution in [0.1, 0.15) is 11.3 Å². The zero-order valence-corrected chi connectivity index (χ0v) is 12.8. The summed E-state index contributed by atoms with van der Waals surface area (Å²) in [6, 6.07) is 4.41. The molecule has 0 radical (unpaired) electrons. The second-order valence-corrected chi connectivity index (χ2v) is 6.57. The van der Waals surface area contributed by atoms with Crippen LogP contribution in [-0.4, -0.2) is 18.6 Å². The van der Waals surface area contributed by atoms with Crippen molar-refractivity contribution in [2.45, 2.75) is 18.5 Å². The summed E-state index contributed by atoms with van der Waals surface area (Å²) in [4.78, 5) is 0. The number of H-pyrrole nitrogens is 1. The Bertz CT molecular complexity index is 723. The van der Waals surface area contributed by atoms with Crippen LogP contribution in [0.25, 0.3) is 0 Å². The quantitative estimate of drug-likeness (QED) is 0.798. The van der Waals surface area contributed by atoms with Crippen LogP contribution in [0.5, 0.6) is 0 Å². The van der Waals surface area contributed by atoms with E-state index in [-0.39, 0.29) is 17.3 Å². The maximum atomic E-state index is 12.3. The highest BCUT2D eigenvalue weighted by Crippen LogP contribution is 2.25. The third kappa shape index (κ3) is 3.06. The molecule has 108 valence electrons. The molecule has 0 saturated heterocycles. The summed E-state index contributed by atoms with van der Waals surface area (Å²) in [6.07, 6.45) is 0. The normalized spacial score (nSPS) is 11.6. The van der Waals surface area contributed by atoms with Crippen molar-refractivity contribution in [2.24, 2.45) is 5.73 Å². The number of nitrogens with zero attached hydrogens (tertiary/aromatic N) is 1. The van der Waals surface area contributed by atoms with E-state index in [4.69, 9.17) is 28.9 Å². The number of rotatable bonds is 4. The highest BCUT2D eigenvalue weighted by Gasteiger charge is 2.23. The first kappa shape index (κ1) is 15.1. The lowest BCUT2D eigenvalue weighted by Crippen LogP contribution is -2.16. The number of aromatic amines is 1. The number of aryl methyl sites for hydroxylation is 1. The molecule has 1 aromatic carbocycles. The largest absolute Gasteiger partial charge is 0.326 e. The van der Waals surface area contributed by atoms with Gasteiger partial charge in [0.15, 0.2) is 0 Å². The lowest BCUT2D eigenvalue weighted by molar-refractivity contribution is 0.596. The molecule has 0 aliphatic carbocycles. The van der Waals surface area contributed by atoms with Gasteiger partial charge < -0.3 is 5.73 Å². The monoisotopic (exact) mass is 334 g/mol. The van der Waals surface area contributed by atoms with E-state index >= 15 is 0 Å². The molecule has 2 aromatic rings. The number of sulfonamides is 1. The van der Waals surface area contributed by atoms with E-state index in [1.807, 2.05) is 0 Å². The molecule has 20 heavy (non-hydrogen) atoms. The maximum Gasteiger partial charge on any atom is 0.281 e. The summed E-state index contributed by atoms with van der Waals surface area (Å²) < 4.78 is 26.9. The molecule has 0 fully saturated rings. The highest BCUT2D eigenvalue weighted by molar-refractivity contribution is 7.92. The Morgan fingerprint density at radius 3 is 2.45 bits per heavy atom. The highest BCUT2D eigenvalue weighted by atomic mass is 35.5. The fourth-order valence-corrected chi connectivity index (χ4v) is 3.49. The molecule has 0 bridgehead atoms. The summed E-state index contributed by atoms with van der Waals surface area (Å²) in [5, 5.41) is 6.90. The lowest BCUT2D eigenvalue weighted by atomic mass is 10.3. The summed E-state index contributed by atoms with van der Waals surface area (Å²) >= 11 is 11.7. The fraction of sp³-hybridized carbons (Fsp3) is 0.182. The van der Waals surface area contributed by atoms with E-state index in [0.29, 0.717) is 21.3 Å². The first-order valence-electron chi connectivity index (χ1n) is 5.56. The average Bonchev–Trinajstić information content (AvgIpc) is 2.68. The van der Waals surface area contributed by atoms with E-state index < -0.39 is 10.0 Å². The van der Waals surface area contributed by atoms with Crippen molar-refractivity contribution in [3.8, 4) is 0 Å². The van der Waals surface area contributed by atoms with Gasteiger partial charge in [0.2, 0.25) is 5.03 Å². The van der Waals surface area contributed by atoms with Crippen LogP contribution in [0.2, 0.25) is 10.0 Å². The summed E-state index contributed by atoms with van der Waals surface area (Å²) in [5.41, 5.74) is 6.84. The topological polar surface area (TPSA) is 101 Å². The minimum absolute atomic E-state index is 0.0644. The van der Waals surface area contributed by atoms with Gasteiger partial charge >= 0.3 is 0 Å². The van der Waals surface area contributed by atoms with Crippen LogP contribution in [0, 0.1) is 6.92 Å². The van der Waals surface area contributed by atoms with Gasteiger partial charge in [-0.1, -0.05) is 23.2 Å². The number of benzene rings is 1. The third-order valence-electron chi connectivity index (χ3n) is 2.61. The van der Waals surface area contributed by atoms with Crippen molar-refractivity contribution in [3.63, 3.8) is 0 Å². The second kappa shape index (κ2) is 5.61. The van der Waals surface area contributed by atoms with Gasteiger partial charge in [-0.3, -0.25) is 9.82 Å². The molecule has 0 unspecified atom stereocenters. The zero-order valence-electron chi connectivity index (χ0n) is 10.4. The van der Waals surface area contributed by atoms with Gasteiger partial charge in [0.05, 0.1) is 5.69 Å². The third-order valence-corrected chi connectivity index (χ3v) is 4.40. The second-order valence-electron chi connectivity index (χ2n) is 4.10. The van der Waals surface area contributed by atoms with E-state index in [1.165, 1.54) is 18.2 Å². The van der Waals surface area contributed by atoms with E-state index in [1.54, 1.807) is 6.92 Å². The predicted octanol–water partition coefficient (Wildman–Crippen LogP) is 2.28. The lowest BCUT2D eigenvalue weighted by Gasteiger charge is -2.08. The molecule has 0 saturated carbocycles. The number of aromatic nitrogens is 2. The minimum atomic E-state index is -3.86. The standard InChI is InChI=1S/C11H12Cl2N4O2S/c1-6-10(5-14)11(16-15-6)20(18,19)17-9-3-7(12)2-8(13)4-9/h2-4,17H,5,14H2,1H3,(H,15,16). The van der Waals surface area contributed by atoms with E-state index in [0.717, 1.165) is 0 Å². The van der Waals surface area contributed by atoms with Gasteiger partial charge in [0, 0.05) is 27.8 Å². The van der Waals surface area contributed by atoms with E-state index in [2.05, 4.69) is 14.9 Å². The molecule has 2 rings (SSSR count). The fourth-order valence-electron chi connectivity index (χ4n) is 1.71. The SMILES string of the molecule is Cc1[nH]nc(S(=O)(=O)Nc2cc(Cl)cc(Cl)c2)c1CN. The van der Waals surface area contributed by atoms with Crippen LogP contribution >= 0.6 is 23.2 Å². The smallest absolute Gasteiger partial charge is 0.281 e. The van der Waals surface area contributed by atoms with Gasteiger partial charge in [0.25, 0.3) is 10.0 Å². The van der Waals surface area contributed by atoms with Crippen molar-refractivity contribution >= 4 is 38.9 Å². The molecular weight excluding hydrogens is 323 g/mol. The van der Waals surface area contributed by atoms with Crippen molar-refractivity contribution in [3.05, 3.63) is 39.5 Å². The number of halogens is 2. The van der Waals surface area contributed by atoms with Crippen molar-refractivity contribution < 1.29 is 8.42 Å². The number of nitrogens with two attached hydrogens (primary N) is 1. The number of hydrogen-bond acceptors (Lipinski definition) is 4. The molecule has 6 nitrogen and oxygen atoms in total. The summed E-state index contributed by atoms with van der Waals surface area (Å²) in [7, 11) is -3.86.